The van der Waals surface area contributed by atoms with Gasteiger partial charge in [0.1, 0.15) is 0 Å². The molecule has 54 valence electrons. The molecule has 0 aliphatic carbocycles. The van der Waals surface area contributed by atoms with E-state index in [2.05, 4.69) is 4.99 Å². The molecule has 0 aromatic heterocycles. The van der Waals surface area contributed by atoms with Gasteiger partial charge in [-0.05, 0) is 12.3 Å². The molecule has 0 saturated carbocycles. The van der Waals surface area contributed by atoms with Crippen molar-refractivity contribution in [1.82, 2.24) is 4.81 Å². The van der Waals surface area contributed by atoms with Crippen molar-refractivity contribution < 1.29 is 14.4 Å². The van der Waals surface area contributed by atoms with Crippen LogP contribution in [0.4, 0.5) is 4.39 Å². The quantitative estimate of drug-likeness (QED) is 0.370. The number of allylic oxidation sites excluding steroid dienone is 1. The van der Waals surface area contributed by atoms with Gasteiger partial charge in [0.15, 0.2) is 0 Å². The number of nitrogens with zero attached hydrogens (tertiary/aromatic N) is 2. The van der Waals surface area contributed by atoms with Crippen molar-refractivity contribution in [2.24, 2.45) is 4.99 Å². The molecule has 0 fully saturated rings. The summed E-state index contributed by atoms with van der Waals surface area (Å²) in [5, 5.41) is 16.9. The topological polar surface area (TPSA) is 56.1 Å². The van der Waals surface area contributed by atoms with E-state index >= 15 is 0 Å². The second-order valence-corrected chi connectivity index (χ2v) is 1.74. The summed E-state index contributed by atoms with van der Waals surface area (Å²) in [5.41, 5.74) is 0. The Hall–Kier alpha value is -0.875. The maximum Gasteiger partial charge on any atom is 0.591 e. The summed E-state index contributed by atoms with van der Waals surface area (Å²) in [6.07, 6.45) is 2.19. The molecule has 0 saturated heterocycles. The van der Waals surface area contributed by atoms with Crippen LogP contribution in [0.3, 0.4) is 0 Å². The Morgan fingerprint density at radius 1 is 1.60 bits per heavy atom. The molecule has 0 radical (unpaired) electrons. The zero-order chi connectivity index (χ0) is 7.56. The Labute approximate surface area is 57.5 Å². The highest BCUT2D eigenvalue weighted by atomic mass is 19.1. The van der Waals surface area contributed by atoms with Gasteiger partial charge in [-0.15, -0.1) is 0 Å². The Bertz CT molecular complexity index is 173. The maximum absolute atomic E-state index is 12.5. The van der Waals surface area contributed by atoms with Gasteiger partial charge in [-0.3, -0.25) is 0 Å². The number of halogens is 1. The van der Waals surface area contributed by atoms with Crippen LogP contribution in [0.5, 0.6) is 0 Å². The fourth-order valence-electron chi connectivity index (χ4n) is 0.594. The molecule has 2 N–H and O–H groups in total. The van der Waals surface area contributed by atoms with Crippen LogP contribution in [0.25, 0.3) is 0 Å². The van der Waals surface area contributed by atoms with Gasteiger partial charge < -0.3 is 14.9 Å². The SMILES string of the molecule is OB(O)N1C=CC=NC1F. The first kappa shape index (κ1) is 7.23. The lowest BCUT2D eigenvalue weighted by Gasteiger charge is -2.21. The van der Waals surface area contributed by atoms with Crippen molar-refractivity contribution in [2.45, 2.75) is 6.42 Å². The second-order valence-electron chi connectivity index (χ2n) is 1.74. The van der Waals surface area contributed by atoms with E-state index in [9.17, 15) is 4.39 Å². The Morgan fingerprint density at radius 2 is 2.30 bits per heavy atom. The maximum atomic E-state index is 12.5. The summed E-state index contributed by atoms with van der Waals surface area (Å²) in [7, 11) is -1.83. The molecular formula is C4H6BFN2O2. The number of aliphatic imine (C=N–C) groups is 1. The van der Waals surface area contributed by atoms with Crippen LogP contribution in [0.15, 0.2) is 17.3 Å². The molecule has 1 aliphatic heterocycles. The van der Waals surface area contributed by atoms with Gasteiger partial charge in [-0.25, -0.2) is 4.99 Å². The molecule has 10 heavy (non-hydrogen) atoms. The van der Waals surface area contributed by atoms with Crippen LogP contribution in [-0.2, 0) is 0 Å². The normalized spacial score (nSPS) is 23.5. The predicted octanol–water partition coefficient (Wildman–Crippen LogP) is -0.891. The van der Waals surface area contributed by atoms with E-state index in [1.807, 2.05) is 0 Å². The van der Waals surface area contributed by atoms with Gasteiger partial charge in [0.05, 0.1) is 0 Å². The molecule has 1 aliphatic rings. The van der Waals surface area contributed by atoms with E-state index in [-0.39, 0.29) is 0 Å². The van der Waals surface area contributed by atoms with Gasteiger partial charge in [-0.1, -0.05) is 0 Å². The third kappa shape index (κ3) is 1.34. The molecule has 0 spiro atoms. The summed E-state index contributed by atoms with van der Waals surface area (Å²) in [6, 6.07) is 0. The minimum Gasteiger partial charge on any atom is -0.408 e. The molecule has 0 aromatic rings. The zero-order valence-corrected chi connectivity index (χ0v) is 5.05. The zero-order valence-electron chi connectivity index (χ0n) is 5.05. The molecule has 1 heterocycles. The molecule has 0 aromatic carbocycles. The Balaban J connectivity index is 2.61. The van der Waals surface area contributed by atoms with Crippen LogP contribution >= 0.6 is 0 Å². The van der Waals surface area contributed by atoms with Crippen molar-refractivity contribution in [3.63, 3.8) is 0 Å². The van der Waals surface area contributed by atoms with E-state index < -0.39 is 13.7 Å². The van der Waals surface area contributed by atoms with Crippen LogP contribution < -0.4 is 0 Å². The van der Waals surface area contributed by atoms with Crippen LogP contribution in [0.2, 0.25) is 0 Å². The standard InChI is InChI=1S/C4H6BFN2O2/c6-4-7-2-1-3-8(4)5(9)10/h1-4,9-10H. The van der Waals surface area contributed by atoms with Crippen LogP contribution in [0, 0.1) is 0 Å². The first-order chi connectivity index (χ1) is 4.72. The number of alkyl halides is 1. The molecular weight excluding hydrogens is 138 g/mol. The summed E-state index contributed by atoms with van der Waals surface area (Å²) in [4.78, 5) is 3.93. The first-order valence-electron chi connectivity index (χ1n) is 2.69. The number of rotatable bonds is 1. The molecule has 0 amide bonds. The van der Waals surface area contributed by atoms with Gasteiger partial charge in [0.2, 0.25) is 0 Å². The summed E-state index contributed by atoms with van der Waals surface area (Å²) >= 11 is 0. The average Bonchev–Trinajstić information content (AvgIpc) is 1.88. The van der Waals surface area contributed by atoms with E-state index in [1.54, 1.807) is 0 Å². The van der Waals surface area contributed by atoms with Gasteiger partial charge in [-0.2, -0.15) is 4.39 Å². The summed E-state index contributed by atoms with van der Waals surface area (Å²) in [5.74, 6) is 0. The third-order valence-corrected chi connectivity index (χ3v) is 1.07. The summed E-state index contributed by atoms with van der Waals surface area (Å²) < 4.78 is 12.5. The van der Waals surface area contributed by atoms with Crippen molar-refractivity contribution in [3.8, 4) is 0 Å². The third-order valence-electron chi connectivity index (χ3n) is 1.07. The fraction of sp³-hybridized carbons (Fsp3) is 0.250. The van der Waals surface area contributed by atoms with E-state index in [0.717, 1.165) is 0 Å². The van der Waals surface area contributed by atoms with Gasteiger partial charge >= 0.3 is 7.25 Å². The molecule has 0 bridgehead atoms. The lowest BCUT2D eigenvalue weighted by molar-refractivity contribution is 0.166. The predicted molar refractivity (Wildman–Crippen MR) is 34.6 cm³/mol. The molecule has 6 heteroatoms. The minimum absolute atomic E-state index is 0.667. The fourth-order valence-corrected chi connectivity index (χ4v) is 0.594. The molecule has 4 nitrogen and oxygen atoms in total. The van der Waals surface area contributed by atoms with E-state index in [4.69, 9.17) is 10.0 Å². The monoisotopic (exact) mass is 144 g/mol. The van der Waals surface area contributed by atoms with Crippen molar-refractivity contribution in [1.29, 1.82) is 0 Å². The molecule has 1 atom stereocenters. The second kappa shape index (κ2) is 2.81. The van der Waals surface area contributed by atoms with Gasteiger partial charge in [0, 0.05) is 6.21 Å². The molecule has 1 unspecified atom stereocenters. The minimum atomic E-state index is -1.83. The smallest absolute Gasteiger partial charge is 0.408 e. The lowest BCUT2D eigenvalue weighted by Crippen LogP contribution is -2.41. The van der Waals surface area contributed by atoms with Gasteiger partial charge in [0.25, 0.3) is 6.42 Å². The Morgan fingerprint density at radius 3 is 2.70 bits per heavy atom. The first-order valence-corrected chi connectivity index (χ1v) is 2.69. The van der Waals surface area contributed by atoms with Crippen molar-refractivity contribution >= 4 is 13.5 Å². The number of hydrogen-bond donors (Lipinski definition) is 2. The van der Waals surface area contributed by atoms with E-state index in [1.165, 1.54) is 18.5 Å². The number of hydrogen-bond acceptors (Lipinski definition) is 4. The highest BCUT2D eigenvalue weighted by Gasteiger charge is 2.25. The summed E-state index contributed by atoms with van der Waals surface area (Å²) in [6.45, 7) is 0. The molecule has 1 rings (SSSR count). The lowest BCUT2D eigenvalue weighted by atomic mass is 10.1. The average molecular weight is 144 g/mol. The largest absolute Gasteiger partial charge is 0.591 e. The highest BCUT2D eigenvalue weighted by molar-refractivity contribution is 6.38. The Kier molecular flexibility index (Phi) is 2.03. The van der Waals surface area contributed by atoms with Crippen LogP contribution in [-0.4, -0.2) is 34.7 Å². The van der Waals surface area contributed by atoms with E-state index in [0.29, 0.717) is 4.81 Å². The van der Waals surface area contributed by atoms with Crippen molar-refractivity contribution in [3.05, 3.63) is 12.3 Å². The van der Waals surface area contributed by atoms with Crippen LogP contribution in [0.1, 0.15) is 0 Å². The van der Waals surface area contributed by atoms with Crippen molar-refractivity contribution in [2.75, 3.05) is 0 Å². The highest BCUT2D eigenvalue weighted by Crippen LogP contribution is 2.06.